The minimum Gasteiger partial charge on any atom is -0.339 e. The minimum atomic E-state index is 0.715. The average molecular weight is 278 g/mol. The second-order valence-electron chi connectivity index (χ2n) is 4.68. The predicted octanol–water partition coefficient (Wildman–Crippen LogP) is 1.64. The van der Waals surface area contributed by atoms with Crippen LogP contribution in [0.15, 0.2) is 22.0 Å². The van der Waals surface area contributed by atoms with Gasteiger partial charge in [0.05, 0.1) is 4.88 Å². The van der Waals surface area contributed by atoms with Crippen molar-refractivity contribution in [1.82, 2.24) is 20.4 Å². The van der Waals surface area contributed by atoms with Gasteiger partial charge in [-0.05, 0) is 24.4 Å². The molecule has 19 heavy (non-hydrogen) atoms. The zero-order valence-corrected chi connectivity index (χ0v) is 11.7. The number of nitrogens with zero attached hydrogens (tertiary/aromatic N) is 3. The second-order valence-corrected chi connectivity index (χ2v) is 5.63. The van der Waals surface area contributed by atoms with Gasteiger partial charge in [0, 0.05) is 32.6 Å². The zero-order chi connectivity index (χ0) is 12.9. The molecule has 0 spiro atoms. The molecule has 0 atom stereocenters. The van der Waals surface area contributed by atoms with E-state index in [0.717, 1.165) is 56.3 Å². The molecule has 3 heterocycles. The summed E-state index contributed by atoms with van der Waals surface area (Å²) in [6, 6.07) is 4.01. The Morgan fingerprint density at radius 1 is 1.37 bits per heavy atom. The van der Waals surface area contributed by atoms with Crippen molar-refractivity contribution in [1.29, 1.82) is 0 Å². The molecule has 6 heteroatoms. The molecule has 0 saturated carbocycles. The fourth-order valence-electron chi connectivity index (χ4n) is 2.25. The Hall–Kier alpha value is -1.24. The molecule has 2 aromatic heterocycles. The lowest BCUT2D eigenvalue weighted by Gasteiger charge is -2.26. The van der Waals surface area contributed by atoms with Gasteiger partial charge in [-0.3, -0.25) is 0 Å². The lowest BCUT2D eigenvalue weighted by molar-refractivity contribution is 0.235. The van der Waals surface area contributed by atoms with E-state index in [0.29, 0.717) is 5.82 Å². The topological polar surface area (TPSA) is 54.2 Å². The summed E-state index contributed by atoms with van der Waals surface area (Å²) in [6.45, 7) is 5.60. The molecular weight excluding hydrogens is 260 g/mol. The number of aryl methyl sites for hydroxylation is 1. The van der Waals surface area contributed by atoms with Gasteiger partial charge in [0.1, 0.15) is 0 Å². The first-order chi connectivity index (χ1) is 9.42. The van der Waals surface area contributed by atoms with E-state index in [1.807, 2.05) is 17.5 Å². The molecule has 1 aliphatic heterocycles. The van der Waals surface area contributed by atoms with Crippen LogP contribution in [0, 0.1) is 0 Å². The zero-order valence-electron chi connectivity index (χ0n) is 10.8. The first-order valence-electron chi connectivity index (χ1n) is 6.71. The Bertz CT molecular complexity index is 490. The maximum atomic E-state index is 5.29. The van der Waals surface area contributed by atoms with Crippen LogP contribution >= 0.6 is 11.3 Å². The molecule has 3 rings (SSSR count). The van der Waals surface area contributed by atoms with Crippen molar-refractivity contribution in [3.63, 3.8) is 0 Å². The second kappa shape index (κ2) is 6.27. The Balaban J connectivity index is 1.48. The number of rotatable bonds is 5. The summed E-state index contributed by atoms with van der Waals surface area (Å²) < 4.78 is 5.29. The number of thiophene rings is 1. The summed E-state index contributed by atoms with van der Waals surface area (Å²) in [7, 11) is 0. The summed E-state index contributed by atoms with van der Waals surface area (Å²) >= 11 is 1.64. The van der Waals surface area contributed by atoms with Gasteiger partial charge in [0.25, 0.3) is 0 Å². The molecule has 0 aromatic carbocycles. The van der Waals surface area contributed by atoms with Crippen molar-refractivity contribution < 1.29 is 4.52 Å². The molecule has 0 aliphatic carbocycles. The van der Waals surface area contributed by atoms with Crippen LogP contribution in [0.1, 0.15) is 12.3 Å². The first-order valence-corrected chi connectivity index (χ1v) is 7.59. The number of aromatic nitrogens is 2. The summed E-state index contributed by atoms with van der Waals surface area (Å²) in [6.07, 6.45) is 1.94. The van der Waals surface area contributed by atoms with E-state index in [9.17, 15) is 0 Å². The smallest absolute Gasteiger partial charge is 0.227 e. The normalized spacial score (nSPS) is 16.8. The van der Waals surface area contributed by atoms with Gasteiger partial charge >= 0.3 is 0 Å². The van der Waals surface area contributed by atoms with E-state index in [1.54, 1.807) is 11.3 Å². The van der Waals surface area contributed by atoms with E-state index in [-0.39, 0.29) is 0 Å². The van der Waals surface area contributed by atoms with Crippen LogP contribution < -0.4 is 5.32 Å². The van der Waals surface area contributed by atoms with Crippen molar-refractivity contribution in [2.24, 2.45) is 0 Å². The molecular formula is C13H18N4OS. The van der Waals surface area contributed by atoms with Crippen molar-refractivity contribution >= 4 is 11.3 Å². The Morgan fingerprint density at radius 3 is 3.05 bits per heavy atom. The monoisotopic (exact) mass is 278 g/mol. The van der Waals surface area contributed by atoms with E-state index in [1.165, 1.54) is 0 Å². The highest BCUT2D eigenvalue weighted by molar-refractivity contribution is 7.13. The summed E-state index contributed by atoms with van der Waals surface area (Å²) in [5, 5.41) is 9.41. The lowest BCUT2D eigenvalue weighted by atomic mass is 10.2. The van der Waals surface area contributed by atoms with E-state index in [2.05, 4.69) is 20.4 Å². The Kier molecular flexibility index (Phi) is 4.22. The highest BCUT2D eigenvalue weighted by atomic mass is 32.1. The van der Waals surface area contributed by atoms with Gasteiger partial charge in [0.2, 0.25) is 11.7 Å². The van der Waals surface area contributed by atoms with Crippen molar-refractivity contribution in [3.8, 4) is 10.7 Å². The van der Waals surface area contributed by atoms with Gasteiger partial charge < -0.3 is 14.7 Å². The Morgan fingerprint density at radius 2 is 2.26 bits per heavy atom. The fourth-order valence-corrected chi connectivity index (χ4v) is 2.90. The molecule has 1 N–H and O–H groups in total. The van der Waals surface area contributed by atoms with E-state index in [4.69, 9.17) is 4.52 Å². The molecule has 5 nitrogen and oxygen atoms in total. The summed E-state index contributed by atoms with van der Waals surface area (Å²) in [4.78, 5) is 7.98. The number of nitrogens with one attached hydrogen (secondary N) is 1. The van der Waals surface area contributed by atoms with Crippen LogP contribution in [-0.2, 0) is 6.42 Å². The highest BCUT2D eigenvalue weighted by Crippen LogP contribution is 2.21. The fraction of sp³-hybridized carbons (Fsp3) is 0.538. The maximum Gasteiger partial charge on any atom is 0.227 e. The Labute approximate surface area is 116 Å². The van der Waals surface area contributed by atoms with Crippen molar-refractivity contribution in [2.75, 3.05) is 32.7 Å². The van der Waals surface area contributed by atoms with E-state index < -0.39 is 0 Å². The largest absolute Gasteiger partial charge is 0.339 e. The third-order valence-corrected chi connectivity index (χ3v) is 4.15. The number of piperazine rings is 1. The van der Waals surface area contributed by atoms with Crippen LogP contribution in [0.2, 0.25) is 0 Å². The van der Waals surface area contributed by atoms with Crippen LogP contribution in [-0.4, -0.2) is 47.8 Å². The van der Waals surface area contributed by atoms with Crippen LogP contribution in [0.25, 0.3) is 10.7 Å². The van der Waals surface area contributed by atoms with Crippen LogP contribution in [0.4, 0.5) is 0 Å². The lowest BCUT2D eigenvalue weighted by Crippen LogP contribution is -2.43. The molecule has 0 amide bonds. The quantitative estimate of drug-likeness (QED) is 0.901. The maximum absolute atomic E-state index is 5.29. The van der Waals surface area contributed by atoms with Gasteiger partial charge in [-0.1, -0.05) is 11.2 Å². The van der Waals surface area contributed by atoms with Gasteiger partial charge in [-0.15, -0.1) is 11.3 Å². The highest BCUT2D eigenvalue weighted by Gasteiger charge is 2.11. The molecule has 1 fully saturated rings. The average Bonchev–Trinajstić information content (AvgIpc) is 3.10. The first kappa shape index (κ1) is 12.8. The summed E-state index contributed by atoms with van der Waals surface area (Å²) in [5.74, 6) is 1.46. The molecule has 1 aliphatic rings. The van der Waals surface area contributed by atoms with Gasteiger partial charge in [0.15, 0.2) is 0 Å². The number of hydrogen-bond acceptors (Lipinski definition) is 6. The third kappa shape index (κ3) is 3.40. The molecule has 102 valence electrons. The van der Waals surface area contributed by atoms with Crippen LogP contribution in [0.5, 0.6) is 0 Å². The standard InChI is InChI=1S/C13H18N4OS/c1(7-17-8-5-14-6-9-17)4-12-15-13(16-18-12)11-3-2-10-19-11/h2-3,10,14H,1,4-9H2. The van der Waals surface area contributed by atoms with Gasteiger partial charge in [-0.2, -0.15) is 4.98 Å². The summed E-state index contributed by atoms with van der Waals surface area (Å²) in [5.41, 5.74) is 0. The molecule has 0 unspecified atom stereocenters. The predicted molar refractivity (Wildman–Crippen MR) is 75.2 cm³/mol. The molecule has 1 saturated heterocycles. The van der Waals surface area contributed by atoms with Crippen LogP contribution in [0.3, 0.4) is 0 Å². The van der Waals surface area contributed by atoms with E-state index >= 15 is 0 Å². The molecule has 2 aromatic rings. The van der Waals surface area contributed by atoms with Gasteiger partial charge in [-0.25, -0.2) is 0 Å². The third-order valence-electron chi connectivity index (χ3n) is 3.28. The molecule has 0 radical (unpaired) electrons. The van der Waals surface area contributed by atoms with Crippen molar-refractivity contribution in [3.05, 3.63) is 23.4 Å². The minimum absolute atomic E-state index is 0.715. The SMILES string of the molecule is c1csc(-c2noc(CCCN3CCNCC3)n2)c1. The number of hydrogen-bond donors (Lipinski definition) is 1. The molecule has 0 bridgehead atoms. The van der Waals surface area contributed by atoms with Crippen molar-refractivity contribution in [2.45, 2.75) is 12.8 Å².